The van der Waals surface area contributed by atoms with Gasteiger partial charge in [0.2, 0.25) is 15.9 Å². The molecule has 0 saturated heterocycles. The van der Waals surface area contributed by atoms with Gasteiger partial charge in [0.05, 0.1) is 29.8 Å². The van der Waals surface area contributed by atoms with Crippen LogP contribution < -0.4 is 14.4 Å². The molecule has 2 aromatic rings. The van der Waals surface area contributed by atoms with Crippen LogP contribution in [-0.4, -0.2) is 57.6 Å². The number of amides is 2. The number of nitrogens with zero attached hydrogens (tertiary/aromatic N) is 2. The number of benzene rings is 2. The minimum Gasteiger partial charge on any atom is -0.492 e. The maximum Gasteiger partial charge on any atom is 0.255 e. The number of nitrogens with one attached hydrogen (secondary N) is 1. The molecule has 0 saturated carbocycles. The largest absolute Gasteiger partial charge is 0.492 e. The lowest BCUT2D eigenvalue weighted by Crippen LogP contribution is -2.38. The van der Waals surface area contributed by atoms with Gasteiger partial charge >= 0.3 is 0 Å². The summed E-state index contributed by atoms with van der Waals surface area (Å²) in [5.74, 6) is -0.417. The molecule has 2 rings (SSSR count). The topological polar surface area (TPSA) is 96.0 Å². The summed E-state index contributed by atoms with van der Waals surface area (Å²) < 4.78 is 31.4. The fraction of sp³-hybridized carbons (Fsp3) is 0.364. The quantitative estimate of drug-likeness (QED) is 0.604. The van der Waals surface area contributed by atoms with Gasteiger partial charge in [-0.3, -0.25) is 13.9 Å². The molecule has 0 bridgehead atoms. The zero-order valence-corrected chi connectivity index (χ0v) is 19.1. The van der Waals surface area contributed by atoms with E-state index in [-0.39, 0.29) is 11.6 Å². The van der Waals surface area contributed by atoms with E-state index < -0.39 is 22.5 Å². The molecular formula is C22H29N3O5S. The highest BCUT2D eigenvalue weighted by Gasteiger charge is 2.25. The lowest BCUT2D eigenvalue weighted by Gasteiger charge is -2.24. The molecule has 31 heavy (non-hydrogen) atoms. The van der Waals surface area contributed by atoms with Crippen LogP contribution in [0.3, 0.4) is 0 Å². The van der Waals surface area contributed by atoms with Gasteiger partial charge in [0.1, 0.15) is 12.3 Å². The molecule has 0 heterocycles. The molecule has 9 heteroatoms. The van der Waals surface area contributed by atoms with Crippen molar-refractivity contribution in [3.05, 3.63) is 54.1 Å². The summed E-state index contributed by atoms with van der Waals surface area (Å²) in [4.78, 5) is 27.2. The van der Waals surface area contributed by atoms with Crippen LogP contribution in [0.2, 0.25) is 0 Å². The summed E-state index contributed by atoms with van der Waals surface area (Å²) in [7, 11) is -3.78. The van der Waals surface area contributed by atoms with Crippen molar-refractivity contribution in [1.82, 2.24) is 4.90 Å². The number of sulfonamides is 1. The van der Waals surface area contributed by atoms with Crippen molar-refractivity contribution >= 4 is 33.2 Å². The zero-order chi connectivity index (χ0) is 23.0. The van der Waals surface area contributed by atoms with Crippen LogP contribution in [-0.2, 0) is 14.8 Å². The van der Waals surface area contributed by atoms with Crippen molar-refractivity contribution in [1.29, 1.82) is 0 Å². The fourth-order valence-corrected chi connectivity index (χ4v) is 3.96. The van der Waals surface area contributed by atoms with Crippen LogP contribution in [0.4, 0.5) is 11.4 Å². The summed E-state index contributed by atoms with van der Waals surface area (Å²) in [6.45, 7) is 6.50. The Kier molecular flexibility index (Phi) is 8.44. The summed E-state index contributed by atoms with van der Waals surface area (Å²) in [6.07, 6.45) is 1.03. The van der Waals surface area contributed by atoms with Crippen LogP contribution in [0, 0.1) is 0 Å². The number of anilines is 2. The van der Waals surface area contributed by atoms with Gasteiger partial charge in [-0.2, -0.15) is 0 Å². The second kappa shape index (κ2) is 10.8. The molecule has 168 valence electrons. The highest BCUT2D eigenvalue weighted by Crippen LogP contribution is 2.30. The minimum atomic E-state index is -3.78. The summed E-state index contributed by atoms with van der Waals surface area (Å²) in [5.41, 5.74) is 0.950. The standard InChI is InChI=1S/C22H29N3O5S/c1-5-24(6-2)22(27)17-12-8-9-13-18(17)23-21(26)16-25(31(4,28)29)19-14-10-11-15-20(19)30-7-3/h8-15H,5-7,16H2,1-4H3,(H,23,26). The predicted octanol–water partition coefficient (Wildman–Crippen LogP) is 2.97. The fourth-order valence-electron chi connectivity index (χ4n) is 3.10. The third kappa shape index (κ3) is 6.21. The van der Waals surface area contributed by atoms with E-state index in [0.717, 1.165) is 10.6 Å². The van der Waals surface area contributed by atoms with Gasteiger partial charge in [0, 0.05) is 13.1 Å². The van der Waals surface area contributed by atoms with E-state index in [1.54, 1.807) is 60.4 Å². The molecule has 2 aromatic carbocycles. The molecule has 0 aliphatic heterocycles. The number of carbonyl (C=O) groups excluding carboxylic acids is 2. The van der Waals surface area contributed by atoms with Crippen LogP contribution in [0.15, 0.2) is 48.5 Å². The van der Waals surface area contributed by atoms with Crippen LogP contribution in [0.25, 0.3) is 0 Å². The van der Waals surface area contributed by atoms with E-state index in [2.05, 4.69) is 5.32 Å². The molecule has 8 nitrogen and oxygen atoms in total. The normalized spacial score (nSPS) is 11.0. The Morgan fingerprint density at radius 3 is 2.19 bits per heavy atom. The molecule has 0 radical (unpaired) electrons. The summed E-state index contributed by atoms with van der Waals surface area (Å²) in [6, 6.07) is 13.3. The van der Waals surface area contributed by atoms with Crippen molar-refractivity contribution in [2.75, 3.05) is 42.1 Å². The van der Waals surface area contributed by atoms with Crippen molar-refractivity contribution in [3.8, 4) is 5.75 Å². The second-order valence-electron chi connectivity index (χ2n) is 6.74. The highest BCUT2D eigenvalue weighted by atomic mass is 32.2. The van der Waals surface area contributed by atoms with Crippen molar-refractivity contribution in [2.45, 2.75) is 20.8 Å². The van der Waals surface area contributed by atoms with E-state index in [9.17, 15) is 18.0 Å². The van der Waals surface area contributed by atoms with E-state index in [1.807, 2.05) is 13.8 Å². The molecule has 0 aliphatic carbocycles. The Morgan fingerprint density at radius 1 is 0.968 bits per heavy atom. The molecule has 1 N–H and O–H groups in total. The maximum absolute atomic E-state index is 12.8. The minimum absolute atomic E-state index is 0.206. The molecule has 0 atom stereocenters. The molecule has 2 amide bonds. The molecule has 0 unspecified atom stereocenters. The predicted molar refractivity (Wildman–Crippen MR) is 122 cm³/mol. The van der Waals surface area contributed by atoms with Crippen molar-refractivity contribution in [3.63, 3.8) is 0 Å². The van der Waals surface area contributed by atoms with Crippen molar-refractivity contribution in [2.24, 2.45) is 0 Å². The average Bonchev–Trinajstić information content (AvgIpc) is 2.73. The Morgan fingerprint density at radius 2 is 1.58 bits per heavy atom. The molecule has 0 fully saturated rings. The Labute approximate surface area is 183 Å². The van der Waals surface area contributed by atoms with Gasteiger partial charge in [-0.05, 0) is 45.0 Å². The van der Waals surface area contributed by atoms with E-state index >= 15 is 0 Å². The number of para-hydroxylation sites is 3. The lowest BCUT2D eigenvalue weighted by atomic mass is 10.1. The highest BCUT2D eigenvalue weighted by molar-refractivity contribution is 7.92. The maximum atomic E-state index is 12.8. The van der Waals surface area contributed by atoms with E-state index in [4.69, 9.17) is 4.74 Å². The van der Waals surface area contributed by atoms with Crippen LogP contribution in [0.1, 0.15) is 31.1 Å². The van der Waals surface area contributed by atoms with Gasteiger partial charge in [0.15, 0.2) is 0 Å². The van der Waals surface area contributed by atoms with Crippen molar-refractivity contribution < 1.29 is 22.7 Å². The number of hydrogen-bond donors (Lipinski definition) is 1. The first-order valence-corrected chi connectivity index (χ1v) is 11.9. The Hall–Kier alpha value is -3.07. The van der Waals surface area contributed by atoms with Gasteiger partial charge in [0.25, 0.3) is 5.91 Å². The third-order valence-corrected chi connectivity index (χ3v) is 5.73. The molecule has 0 spiro atoms. The summed E-state index contributed by atoms with van der Waals surface area (Å²) >= 11 is 0. The lowest BCUT2D eigenvalue weighted by molar-refractivity contribution is -0.114. The van der Waals surface area contributed by atoms with Gasteiger partial charge in [-0.15, -0.1) is 0 Å². The first kappa shape index (κ1) is 24.2. The van der Waals surface area contributed by atoms with Crippen LogP contribution >= 0.6 is 0 Å². The number of ether oxygens (including phenoxy) is 1. The zero-order valence-electron chi connectivity index (χ0n) is 18.3. The molecule has 0 aromatic heterocycles. The number of rotatable bonds is 10. The second-order valence-corrected chi connectivity index (χ2v) is 8.65. The van der Waals surface area contributed by atoms with Crippen LogP contribution in [0.5, 0.6) is 5.75 Å². The number of carbonyl (C=O) groups is 2. The smallest absolute Gasteiger partial charge is 0.255 e. The van der Waals surface area contributed by atoms with Gasteiger partial charge in [-0.1, -0.05) is 24.3 Å². The van der Waals surface area contributed by atoms with E-state index in [1.165, 1.54) is 0 Å². The molecule has 0 aliphatic rings. The summed E-state index contributed by atoms with van der Waals surface area (Å²) in [5, 5.41) is 2.68. The Balaban J connectivity index is 2.31. The average molecular weight is 448 g/mol. The monoisotopic (exact) mass is 447 g/mol. The Bertz CT molecular complexity index is 1020. The first-order chi connectivity index (χ1) is 14.7. The molecular weight excluding hydrogens is 418 g/mol. The van der Waals surface area contributed by atoms with Gasteiger partial charge < -0.3 is 15.0 Å². The van der Waals surface area contributed by atoms with E-state index in [0.29, 0.717) is 36.7 Å². The first-order valence-electron chi connectivity index (χ1n) is 10.1. The SMILES string of the molecule is CCOc1ccccc1N(CC(=O)Nc1ccccc1C(=O)N(CC)CC)S(C)(=O)=O. The number of hydrogen-bond acceptors (Lipinski definition) is 5. The third-order valence-electron chi connectivity index (χ3n) is 4.60. The van der Waals surface area contributed by atoms with Gasteiger partial charge in [-0.25, -0.2) is 8.42 Å².